The summed E-state index contributed by atoms with van der Waals surface area (Å²) < 4.78 is 1.39. The first-order chi connectivity index (χ1) is 9.81. The Morgan fingerprint density at radius 1 is 1.33 bits per heavy atom. The summed E-state index contributed by atoms with van der Waals surface area (Å²) in [5.74, 6) is -1.43. The van der Waals surface area contributed by atoms with E-state index in [1.54, 1.807) is 27.7 Å². The summed E-state index contributed by atoms with van der Waals surface area (Å²) in [6, 6.07) is 0. The number of hydrogen-bond donors (Lipinski definition) is 1. The average Bonchev–Trinajstić information content (AvgIpc) is 2.80. The summed E-state index contributed by atoms with van der Waals surface area (Å²) in [4.78, 5) is 27.1. The Kier molecular flexibility index (Phi) is 4.17. The Bertz CT molecular complexity index is 750. The van der Waals surface area contributed by atoms with Crippen LogP contribution in [0.15, 0.2) is 4.79 Å². The van der Waals surface area contributed by atoms with Crippen LogP contribution in [-0.4, -0.2) is 30.8 Å². The topological polar surface area (TPSA) is 98.0 Å². The van der Waals surface area contributed by atoms with Crippen LogP contribution < -0.4 is 5.69 Å². The summed E-state index contributed by atoms with van der Waals surface area (Å²) in [6.45, 7) is 6.92. The van der Waals surface area contributed by atoms with E-state index in [9.17, 15) is 9.59 Å². The quantitative estimate of drug-likeness (QED) is 0.913. The van der Waals surface area contributed by atoms with E-state index >= 15 is 0 Å². The summed E-state index contributed by atoms with van der Waals surface area (Å²) in [5.41, 5.74) is 1.56. The maximum Gasteiger partial charge on any atom is 0.354 e. The second-order valence-corrected chi connectivity index (χ2v) is 6.09. The molecule has 0 aliphatic rings. The van der Waals surface area contributed by atoms with Crippen LogP contribution in [0.4, 0.5) is 0 Å². The number of carboxylic acids is 1. The molecule has 7 nitrogen and oxygen atoms in total. The highest BCUT2D eigenvalue weighted by Gasteiger charge is 2.20. The van der Waals surface area contributed by atoms with Crippen molar-refractivity contribution in [3.05, 3.63) is 32.4 Å². The van der Waals surface area contributed by atoms with Crippen LogP contribution in [0.25, 0.3) is 5.13 Å². The van der Waals surface area contributed by atoms with Crippen LogP contribution in [0.1, 0.15) is 28.9 Å². The predicted molar refractivity (Wildman–Crippen MR) is 78.0 cm³/mol. The van der Waals surface area contributed by atoms with Crippen molar-refractivity contribution in [2.24, 2.45) is 5.92 Å². The minimum absolute atomic E-state index is 0.318. The summed E-state index contributed by atoms with van der Waals surface area (Å²) in [7, 11) is 0. The number of rotatable bonds is 4. The number of aryl methyl sites for hydroxylation is 2. The van der Waals surface area contributed by atoms with Gasteiger partial charge in [0.1, 0.15) is 5.01 Å². The number of nitrogens with zero attached hydrogens (tertiary/aromatic N) is 4. The standard InChI is InChI=1S/C13H16N4O3S/c1-6(11(18)19)5-10-7(2)14-12(20)17(8(10)3)13-16-15-9(4)21-13/h6H,5H2,1-4H3,(H,18,19). The van der Waals surface area contributed by atoms with Gasteiger partial charge in [-0.15, -0.1) is 10.2 Å². The maximum absolute atomic E-state index is 12.1. The van der Waals surface area contributed by atoms with Crippen molar-refractivity contribution in [3.8, 4) is 5.13 Å². The normalized spacial score (nSPS) is 12.4. The molecule has 0 bridgehead atoms. The summed E-state index contributed by atoms with van der Waals surface area (Å²) >= 11 is 1.29. The molecule has 0 aromatic carbocycles. The molecule has 112 valence electrons. The molecule has 2 aromatic rings. The van der Waals surface area contributed by atoms with Gasteiger partial charge in [-0.25, -0.2) is 9.36 Å². The fourth-order valence-electron chi connectivity index (χ4n) is 2.09. The molecule has 2 heterocycles. The van der Waals surface area contributed by atoms with Crippen LogP contribution >= 0.6 is 11.3 Å². The summed E-state index contributed by atoms with van der Waals surface area (Å²) in [6.07, 6.45) is 0.318. The van der Waals surface area contributed by atoms with E-state index in [0.29, 0.717) is 22.9 Å². The molecule has 8 heteroatoms. The highest BCUT2D eigenvalue weighted by molar-refractivity contribution is 7.13. The molecule has 2 aromatic heterocycles. The molecule has 0 radical (unpaired) electrons. The lowest BCUT2D eigenvalue weighted by Crippen LogP contribution is -2.27. The number of carboxylic acid groups (broad SMARTS) is 1. The van der Waals surface area contributed by atoms with Crippen LogP contribution in [0.3, 0.4) is 0 Å². The minimum atomic E-state index is -0.877. The monoisotopic (exact) mass is 308 g/mol. The Balaban J connectivity index is 2.58. The van der Waals surface area contributed by atoms with Gasteiger partial charge in [0.25, 0.3) is 0 Å². The molecule has 0 spiro atoms. The van der Waals surface area contributed by atoms with Gasteiger partial charge in [0.2, 0.25) is 5.13 Å². The zero-order valence-electron chi connectivity index (χ0n) is 12.2. The molecular formula is C13H16N4O3S. The molecule has 0 saturated carbocycles. The van der Waals surface area contributed by atoms with Crippen molar-refractivity contribution in [2.75, 3.05) is 0 Å². The lowest BCUT2D eigenvalue weighted by Gasteiger charge is -2.15. The highest BCUT2D eigenvalue weighted by atomic mass is 32.1. The zero-order valence-corrected chi connectivity index (χ0v) is 13.1. The smallest absolute Gasteiger partial charge is 0.354 e. The minimum Gasteiger partial charge on any atom is -0.481 e. The third-order valence-electron chi connectivity index (χ3n) is 3.30. The van der Waals surface area contributed by atoms with Gasteiger partial charge in [0.05, 0.1) is 5.92 Å². The number of aliphatic carboxylic acids is 1. The molecule has 0 amide bonds. The second kappa shape index (κ2) is 5.72. The van der Waals surface area contributed by atoms with Gasteiger partial charge < -0.3 is 5.11 Å². The van der Waals surface area contributed by atoms with Crippen LogP contribution in [0.5, 0.6) is 0 Å². The lowest BCUT2D eigenvalue weighted by atomic mass is 9.99. The van der Waals surface area contributed by atoms with E-state index < -0.39 is 17.6 Å². The van der Waals surface area contributed by atoms with Crippen LogP contribution in [-0.2, 0) is 11.2 Å². The number of aromatic nitrogens is 4. The molecule has 0 aliphatic carbocycles. The lowest BCUT2D eigenvalue weighted by molar-refractivity contribution is -0.141. The Labute approximate surface area is 125 Å². The van der Waals surface area contributed by atoms with Gasteiger partial charge in [-0.1, -0.05) is 18.3 Å². The fraction of sp³-hybridized carbons (Fsp3) is 0.462. The molecule has 0 saturated heterocycles. The Morgan fingerprint density at radius 3 is 2.52 bits per heavy atom. The molecule has 2 rings (SSSR count). The number of carbonyl (C=O) groups is 1. The van der Waals surface area contributed by atoms with Gasteiger partial charge in [-0.2, -0.15) is 4.98 Å². The van der Waals surface area contributed by atoms with E-state index in [-0.39, 0.29) is 0 Å². The molecule has 1 atom stereocenters. The first kappa shape index (κ1) is 15.3. The van der Waals surface area contributed by atoms with E-state index in [1.165, 1.54) is 15.9 Å². The van der Waals surface area contributed by atoms with Gasteiger partial charge >= 0.3 is 11.7 Å². The predicted octanol–water partition coefficient (Wildman–Crippen LogP) is 1.27. The van der Waals surface area contributed by atoms with Crippen molar-refractivity contribution in [2.45, 2.75) is 34.1 Å². The van der Waals surface area contributed by atoms with Gasteiger partial charge in [0, 0.05) is 11.4 Å². The fourth-order valence-corrected chi connectivity index (χ4v) is 2.83. The maximum atomic E-state index is 12.1. The first-order valence-electron chi connectivity index (χ1n) is 6.43. The van der Waals surface area contributed by atoms with E-state index in [1.807, 2.05) is 0 Å². The van der Waals surface area contributed by atoms with E-state index in [0.717, 1.165) is 10.6 Å². The van der Waals surface area contributed by atoms with Gasteiger partial charge in [-0.05, 0) is 32.8 Å². The first-order valence-corrected chi connectivity index (χ1v) is 7.25. The Hall–Kier alpha value is -2.09. The SMILES string of the molecule is Cc1nnc(-n2c(C)c(CC(C)C(=O)O)c(C)nc2=O)s1. The number of hydrogen-bond acceptors (Lipinski definition) is 6. The van der Waals surface area contributed by atoms with Crippen molar-refractivity contribution >= 4 is 17.3 Å². The van der Waals surface area contributed by atoms with Gasteiger partial charge in [-0.3, -0.25) is 4.79 Å². The zero-order chi connectivity index (χ0) is 15.7. The van der Waals surface area contributed by atoms with Crippen LogP contribution in [0.2, 0.25) is 0 Å². The van der Waals surface area contributed by atoms with E-state index in [2.05, 4.69) is 15.2 Å². The molecule has 21 heavy (non-hydrogen) atoms. The van der Waals surface area contributed by atoms with Crippen molar-refractivity contribution < 1.29 is 9.90 Å². The molecule has 0 fully saturated rings. The summed E-state index contributed by atoms with van der Waals surface area (Å²) in [5, 5.41) is 18.1. The molecule has 1 unspecified atom stereocenters. The third kappa shape index (κ3) is 2.99. The average molecular weight is 308 g/mol. The van der Waals surface area contributed by atoms with Crippen molar-refractivity contribution in [3.63, 3.8) is 0 Å². The second-order valence-electron chi connectivity index (χ2n) is 4.93. The van der Waals surface area contributed by atoms with E-state index in [4.69, 9.17) is 5.11 Å². The third-order valence-corrected chi connectivity index (χ3v) is 4.13. The molecular weight excluding hydrogens is 292 g/mol. The van der Waals surface area contributed by atoms with Crippen LogP contribution in [0, 0.1) is 26.7 Å². The van der Waals surface area contributed by atoms with Crippen molar-refractivity contribution in [1.82, 2.24) is 19.7 Å². The molecule has 0 aliphatic heterocycles. The largest absolute Gasteiger partial charge is 0.481 e. The molecule has 1 N–H and O–H groups in total. The Morgan fingerprint density at radius 2 is 2.00 bits per heavy atom. The highest BCUT2D eigenvalue weighted by Crippen LogP contribution is 2.19. The van der Waals surface area contributed by atoms with Crippen molar-refractivity contribution in [1.29, 1.82) is 0 Å². The van der Waals surface area contributed by atoms with Gasteiger partial charge in [0.15, 0.2) is 0 Å².